The fourth-order valence-corrected chi connectivity index (χ4v) is 1.82. The average molecular weight is 292 g/mol. The first kappa shape index (κ1) is 14.6. The van der Waals surface area contributed by atoms with Gasteiger partial charge in [-0.3, -0.25) is 4.79 Å². The Morgan fingerprint density at radius 3 is 2.70 bits per heavy atom. The number of ether oxygens (including phenoxy) is 1. The van der Waals surface area contributed by atoms with Gasteiger partial charge in [-0.25, -0.2) is 8.78 Å². The van der Waals surface area contributed by atoms with Crippen LogP contribution in [0.25, 0.3) is 0 Å². The smallest absolute Gasteiger partial charge is 0.326 e. The number of hydrogen-bond donors (Lipinski definition) is 2. The van der Waals surface area contributed by atoms with Crippen molar-refractivity contribution in [3.63, 3.8) is 0 Å². The van der Waals surface area contributed by atoms with E-state index >= 15 is 0 Å². The quantitative estimate of drug-likeness (QED) is 0.834. The van der Waals surface area contributed by atoms with E-state index < -0.39 is 24.3 Å². The molecule has 2 rings (SSSR count). The number of benzene rings is 1. The van der Waals surface area contributed by atoms with Crippen molar-refractivity contribution in [2.45, 2.75) is 18.4 Å². The topological polar surface area (TPSA) is 64.4 Å². The highest BCUT2D eigenvalue weighted by Crippen LogP contribution is 2.36. The summed E-state index contributed by atoms with van der Waals surface area (Å²) >= 11 is 0. The largest absolute Gasteiger partial charge is 0.491 e. The first-order valence-corrected chi connectivity index (χ1v) is 5.80. The Morgan fingerprint density at radius 1 is 1.35 bits per heavy atom. The number of carbonyl (C=O) groups excluding carboxylic acids is 1. The van der Waals surface area contributed by atoms with E-state index in [0.717, 1.165) is 12.1 Å². The van der Waals surface area contributed by atoms with Gasteiger partial charge in [0, 0.05) is 0 Å². The van der Waals surface area contributed by atoms with Crippen molar-refractivity contribution >= 4 is 5.91 Å². The van der Waals surface area contributed by atoms with Crippen molar-refractivity contribution in [1.82, 2.24) is 5.32 Å². The maximum atomic E-state index is 13.2. The van der Waals surface area contributed by atoms with Crippen LogP contribution in [0, 0.1) is 0 Å². The Balaban J connectivity index is 2.38. The maximum Gasteiger partial charge on any atom is 0.326 e. The summed E-state index contributed by atoms with van der Waals surface area (Å²) in [6.07, 6.45) is -3.89. The maximum absolute atomic E-state index is 13.2. The van der Waals surface area contributed by atoms with E-state index in [2.05, 4.69) is 5.32 Å². The lowest BCUT2D eigenvalue weighted by Crippen LogP contribution is -2.39. The molecule has 1 aromatic rings. The molecule has 1 aliphatic rings. The van der Waals surface area contributed by atoms with Crippen LogP contribution in [0.15, 0.2) is 18.2 Å². The lowest BCUT2D eigenvalue weighted by atomic mass is 9.98. The van der Waals surface area contributed by atoms with E-state index in [9.17, 15) is 22.4 Å². The van der Waals surface area contributed by atoms with Gasteiger partial charge < -0.3 is 15.8 Å². The van der Waals surface area contributed by atoms with Crippen molar-refractivity contribution in [2.24, 2.45) is 5.73 Å². The highest BCUT2D eigenvalue weighted by molar-refractivity contribution is 5.97. The number of alkyl halides is 4. The van der Waals surface area contributed by atoms with Crippen LogP contribution < -0.4 is 15.8 Å². The average Bonchev–Trinajstić information content (AvgIpc) is 2.59. The van der Waals surface area contributed by atoms with Gasteiger partial charge in [0.15, 0.2) is 0 Å². The van der Waals surface area contributed by atoms with Crippen LogP contribution in [0.1, 0.15) is 22.0 Å². The molecule has 1 aromatic carbocycles. The van der Waals surface area contributed by atoms with E-state index in [-0.39, 0.29) is 30.0 Å². The molecule has 1 amide bonds. The highest BCUT2D eigenvalue weighted by atomic mass is 19.3. The van der Waals surface area contributed by atoms with Gasteiger partial charge in [0.2, 0.25) is 0 Å². The summed E-state index contributed by atoms with van der Waals surface area (Å²) < 4.78 is 56.3. The van der Waals surface area contributed by atoms with Crippen LogP contribution in [0.2, 0.25) is 0 Å². The fourth-order valence-electron chi connectivity index (χ4n) is 1.82. The normalized spacial score (nSPS) is 17.0. The van der Waals surface area contributed by atoms with Gasteiger partial charge in [0.05, 0.1) is 12.1 Å². The summed E-state index contributed by atoms with van der Waals surface area (Å²) in [5.74, 6) is -4.70. The molecule has 3 N–H and O–H groups in total. The molecule has 0 radical (unpaired) electrons. The van der Waals surface area contributed by atoms with Crippen LogP contribution in [0.4, 0.5) is 17.6 Å². The van der Waals surface area contributed by atoms with E-state index in [1.807, 2.05) is 0 Å². The van der Waals surface area contributed by atoms with Crippen LogP contribution in [0.3, 0.4) is 0 Å². The van der Waals surface area contributed by atoms with Crippen molar-refractivity contribution < 1.29 is 27.1 Å². The highest BCUT2D eigenvalue weighted by Gasteiger charge is 2.47. The van der Waals surface area contributed by atoms with Crippen LogP contribution in [-0.2, 0) is 0 Å². The lowest BCUT2D eigenvalue weighted by molar-refractivity contribution is -0.144. The van der Waals surface area contributed by atoms with Crippen molar-refractivity contribution in [3.8, 4) is 5.75 Å². The monoisotopic (exact) mass is 292 g/mol. The van der Waals surface area contributed by atoms with Crippen molar-refractivity contribution in [3.05, 3.63) is 29.3 Å². The number of fused-ring (bicyclic) bond motifs is 1. The van der Waals surface area contributed by atoms with Gasteiger partial charge in [0.25, 0.3) is 5.91 Å². The van der Waals surface area contributed by atoms with E-state index in [1.165, 1.54) is 6.07 Å². The minimum atomic E-state index is -4.38. The van der Waals surface area contributed by atoms with Gasteiger partial charge in [0.1, 0.15) is 18.4 Å². The van der Waals surface area contributed by atoms with E-state index in [0.29, 0.717) is 0 Å². The molecule has 0 aromatic heterocycles. The molecule has 0 aliphatic carbocycles. The molecule has 0 bridgehead atoms. The van der Waals surface area contributed by atoms with Crippen LogP contribution in [-0.4, -0.2) is 31.4 Å². The van der Waals surface area contributed by atoms with Crippen LogP contribution >= 0.6 is 0 Å². The minimum Gasteiger partial charge on any atom is -0.491 e. The van der Waals surface area contributed by atoms with Gasteiger partial charge in [-0.1, -0.05) is 6.07 Å². The summed E-state index contributed by atoms with van der Waals surface area (Å²) in [5, 5.41) is 2.49. The van der Waals surface area contributed by atoms with Gasteiger partial charge in [-0.05, 0) is 17.7 Å². The number of rotatable bonds is 3. The molecular weight excluding hydrogens is 280 g/mol. The Hall–Kier alpha value is -1.83. The summed E-state index contributed by atoms with van der Waals surface area (Å²) in [5.41, 5.74) is 4.93. The van der Waals surface area contributed by atoms with Crippen molar-refractivity contribution in [2.75, 3.05) is 13.2 Å². The molecule has 0 spiro atoms. The summed E-state index contributed by atoms with van der Waals surface area (Å²) in [7, 11) is 0. The van der Waals surface area contributed by atoms with E-state index in [4.69, 9.17) is 10.5 Å². The summed E-state index contributed by atoms with van der Waals surface area (Å²) in [6, 6.07) is 1.27. The molecule has 1 atom stereocenters. The molecular formula is C12H12F4N2O2. The predicted octanol–water partition coefficient (Wildman–Crippen LogP) is 1.71. The fraction of sp³-hybridized carbons (Fsp3) is 0.417. The zero-order valence-electron chi connectivity index (χ0n) is 10.2. The van der Waals surface area contributed by atoms with Gasteiger partial charge >= 0.3 is 12.3 Å². The molecule has 8 heteroatoms. The second-order valence-electron chi connectivity index (χ2n) is 4.31. The molecule has 0 fully saturated rings. The van der Waals surface area contributed by atoms with Crippen LogP contribution in [0.5, 0.6) is 5.75 Å². The first-order valence-electron chi connectivity index (χ1n) is 5.80. The number of hydrogen-bond acceptors (Lipinski definition) is 3. The minimum absolute atomic E-state index is 0.000478. The molecule has 4 nitrogen and oxygen atoms in total. The Morgan fingerprint density at radius 2 is 2.05 bits per heavy atom. The molecule has 0 saturated heterocycles. The summed E-state index contributed by atoms with van der Waals surface area (Å²) in [4.78, 5) is 11.7. The molecule has 1 heterocycles. The molecule has 1 aliphatic heterocycles. The number of carbonyl (C=O) groups is 1. The standard InChI is InChI=1S/C12H12F4N2O2/c13-11(14)12(15,16)9(17)6-1-2-8-7(5-6)10(19)18-3-4-20-8/h1-2,5,9,11H,3-4,17H2,(H,18,19). The molecule has 0 saturated carbocycles. The first-order chi connectivity index (χ1) is 9.34. The van der Waals surface area contributed by atoms with Gasteiger partial charge in [-0.15, -0.1) is 0 Å². The second kappa shape index (κ2) is 5.28. The number of nitrogens with two attached hydrogens (primary N) is 1. The third-order valence-electron chi connectivity index (χ3n) is 2.96. The van der Waals surface area contributed by atoms with Crippen molar-refractivity contribution in [1.29, 1.82) is 0 Å². The molecule has 110 valence electrons. The number of halogens is 4. The zero-order valence-corrected chi connectivity index (χ0v) is 10.2. The summed E-state index contributed by atoms with van der Waals surface area (Å²) in [6.45, 7) is 0.499. The zero-order chi connectivity index (χ0) is 14.9. The van der Waals surface area contributed by atoms with Gasteiger partial charge in [-0.2, -0.15) is 8.78 Å². The third-order valence-corrected chi connectivity index (χ3v) is 2.96. The Labute approximate surface area is 111 Å². The second-order valence-corrected chi connectivity index (χ2v) is 4.31. The molecule has 20 heavy (non-hydrogen) atoms. The molecule has 1 unspecified atom stereocenters. The Kier molecular flexibility index (Phi) is 3.85. The Bertz CT molecular complexity index is 522. The number of amides is 1. The SMILES string of the molecule is NC(c1ccc2c(c1)C(=O)NCCO2)C(F)(F)C(F)F. The van der Waals surface area contributed by atoms with E-state index in [1.54, 1.807) is 0 Å². The number of nitrogens with one attached hydrogen (secondary N) is 1. The lowest BCUT2D eigenvalue weighted by Gasteiger charge is -2.23. The predicted molar refractivity (Wildman–Crippen MR) is 62.1 cm³/mol. The third kappa shape index (κ3) is 2.55.